The van der Waals surface area contributed by atoms with E-state index in [0.29, 0.717) is 6.04 Å². The Morgan fingerprint density at radius 3 is 2.46 bits per heavy atom. The van der Waals surface area contributed by atoms with Crippen molar-refractivity contribution in [2.24, 2.45) is 0 Å². The monoisotopic (exact) mass is 347 g/mol. The minimum absolute atomic E-state index is 0.223. The van der Waals surface area contributed by atoms with Crippen LogP contribution >= 0.6 is 0 Å². The molecule has 1 heterocycles. The van der Waals surface area contributed by atoms with Gasteiger partial charge in [0.1, 0.15) is 11.5 Å². The molecule has 0 fully saturated rings. The minimum atomic E-state index is 0.223. The molecule has 0 unspecified atom stereocenters. The number of methoxy groups -OCH3 is 2. The Morgan fingerprint density at radius 1 is 0.923 bits per heavy atom. The fraction of sp³-hybridized carbons (Fsp3) is 0.304. The molecule has 4 rings (SSSR count). The van der Waals surface area contributed by atoms with Crippen molar-refractivity contribution in [3.63, 3.8) is 0 Å². The van der Waals surface area contributed by atoms with Crippen molar-refractivity contribution in [1.82, 2.24) is 0 Å². The van der Waals surface area contributed by atoms with Gasteiger partial charge in [-0.3, -0.25) is 0 Å². The van der Waals surface area contributed by atoms with Crippen LogP contribution in [0, 0.1) is 0 Å². The van der Waals surface area contributed by atoms with Crippen LogP contribution in [0.1, 0.15) is 31.0 Å². The summed E-state index contributed by atoms with van der Waals surface area (Å²) in [6.07, 6.45) is 0.969. The maximum Gasteiger partial charge on any atom is 0.128 e. The highest BCUT2D eigenvalue weighted by Crippen LogP contribution is 2.44. The first-order valence-corrected chi connectivity index (χ1v) is 9.15. The molecule has 3 heteroatoms. The van der Waals surface area contributed by atoms with Gasteiger partial charge in [-0.1, -0.05) is 36.4 Å². The predicted octanol–water partition coefficient (Wildman–Crippen LogP) is 5.37. The predicted molar refractivity (Wildman–Crippen MR) is 108 cm³/mol. The van der Waals surface area contributed by atoms with Crippen LogP contribution in [0.3, 0.4) is 0 Å². The minimum Gasteiger partial charge on any atom is -0.497 e. The first kappa shape index (κ1) is 16.8. The highest BCUT2D eigenvalue weighted by molar-refractivity contribution is 5.94. The van der Waals surface area contributed by atoms with E-state index in [4.69, 9.17) is 9.47 Å². The van der Waals surface area contributed by atoms with E-state index in [1.165, 1.54) is 27.6 Å². The molecule has 3 aromatic carbocycles. The van der Waals surface area contributed by atoms with Gasteiger partial charge < -0.3 is 14.4 Å². The van der Waals surface area contributed by atoms with Crippen LogP contribution in [0.5, 0.6) is 11.5 Å². The van der Waals surface area contributed by atoms with Crippen LogP contribution in [0.15, 0.2) is 54.6 Å². The Hall–Kier alpha value is -2.68. The molecule has 0 aromatic heterocycles. The van der Waals surface area contributed by atoms with E-state index in [0.717, 1.165) is 17.9 Å². The third-order valence-electron chi connectivity index (χ3n) is 5.53. The summed E-state index contributed by atoms with van der Waals surface area (Å²) in [7, 11) is 3.45. The van der Waals surface area contributed by atoms with E-state index in [-0.39, 0.29) is 6.04 Å². The highest BCUT2D eigenvalue weighted by Gasteiger charge is 2.33. The first-order valence-electron chi connectivity index (χ1n) is 9.15. The number of benzene rings is 3. The number of rotatable bonds is 3. The van der Waals surface area contributed by atoms with E-state index >= 15 is 0 Å². The number of hydrogen-bond acceptors (Lipinski definition) is 3. The van der Waals surface area contributed by atoms with Gasteiger partial charge in [0, 0.05) is 28.7 Å². The Labute approximate surface area is 155 Å². The molecule has 26 heavy (non-hydrogen) atoms. The van der Waals surface area contributed by atoms with E-state index in [2.05, 4.69) is 67.3 Å². The number of nitrogens with zero attached hydrogens (tertiary/aromatic N) is 1. The largest absolute Gasteiger partial charge is 0.497 e. The third kappa shape index (κ3) is 2.59. The van der Waals surface area contributed by atoms with Gasteiger partial charge in [0.05, 0.1) is 20.3 Å². The lowest BCUT2D eigenvalue weighted by Crippen LogP contribution is -2.41. The van der Waals surface area contributed by atoms with Gasteiger partial charge in [-0.05, 0) is 43.4 Å². The van der Waals surface area contributed by atoms with Crippen molar-refractivity contribution in [2.45, 2.75) is 32.4 Å². The average molecular weight is 347 g/mol. The van der Waals surface area contributed by atoms with Crippen molar-refractivity contribution in [3.05, 3.63) is 65.7 Å². The Balaban J connectivity index is 1.88. The number of anilines is 1. The second-order valence-corrected chi connectivity index (χ2v) is 7.04. The van der Waals surface area contributed by atoms with Gasteiger partial charge in [0.2, 0.25) is 0 Å². The van der Waals surface area contributed by atoms with E-state index in [9.17, 15) is 0 Å². The van der Waals surface area contributed by atoms with E-state index < -0.39 is 0 Å². The van der Waals surface area contributed by atoms with Gasteiger partial charge in [0.25, 0.3) is 0 Å². The lowest BCUT2D eigenvalue weighted by Gasteiger charge is -2.43. The molecular formula is C23H25NO2. The van der Waals surface area contributed by atoms with Crippen molar-refractivity contribution >= 4 is 16.5 Å². The summed E-state index contributed by atoms with van der Waals surface area (Å²) < 4.78 is 11.2. The molecule has 3 aromatic rings. The van der Waals surface area contributed by atoms with Crippen molar-refractivity contribution in [3.8, 4) is 11.5 Å². The number of fused-ring (bicyclic) bond motifs is 2. The molecule has 1 aliphatic rings. The lowest BCUT2D eigenvalue weighted by atomic mass is 9.87. The summed E-state index contributed by atoms with van der Waals surface area (Å²) >= 11 is 0. The van der Waals surface area contributed by atoms with Gasteiger partial charge in [-0.15, -0.1) is 0 Å². The zero-order valence-electron chi connectivity index (χ0n) is 15.8. The molecule has 0 radical (unpaired) electrons. The van der Waals surface area contributed by atoms with Crippen LogP contribution in [0.2, 0.25) is 0 Å². The van der Waals surface area contributed by atoms with Crippen molar-refractivity contribution < 1.29 is 9.47 Å². The Morgan fingerprint density at radius 2 is 1.69 bits per heavy atom. The second kappa shape index (κ2) is 6.56. The standard InChI is InChI=1S/C23H25NO2/c1-15-12-18-13-19(25-3)14-22(26-4)23(18)16(2)24(15)21-11-7-9-17-8-5-6-10-20(17)21/h5-11,13-16H,12H2,1-4H3/t15-,16+/m0/s1. The molecule has 1 aliphatic heterocycles. The Kier molecular flexibility index (Phi) is 4.23. The van der Waals surface area contributed by atoms with E-state index in [1.807, 2.05) is 6.07 Å². The summed E-state index contributed by atoms with van der Waals surface area (Å²) in [5.41, 5.74) is 3.86. The molecule has 0 saturated heterocycles. The average Bonchev–Trinajstić information content (AvgIpc) is 2.67. The van der Waals surface area contributed by atoms with Crippen LogP contribution in [-0.2, 0) is 6.42 Å². The molecule has 0 saturated carbocycles. The van der Waals surface area contributed by atoms with Gasteiger partial charge >= 0.3 is 0 Å². The second-order valence-electron chi connectivity index (χ2n) is 7.04. The van der Waals surface area contributed by atoms with Gasteiger partial charge in [-0.25, -0.2) is 0 Å². The summed E-state index contributed by atoms with van der Waals surface area (Å²) in [5, 5.41) is 2.57. The molecule has 0 amide bonds. The molecule has 0 N–H and O–H groups in total. The van der Waals surface area contributed by atoms with Crippen molar-refractivity contribution in [1.29, 1.82) is 0 Å². The molecule has 2 atom stereocenters. The number of ether oxygens (including phenoxy) is 2. The third-order valence-corrected chi connectivity index (χ3v) is 5.53. The van der Waals surface area contributed by atoms with Gasteiger partial charge in [0.15, 0.2) is 0 Å². The van der Waals surface area contributed by atoms with Crippen LogP contribution in [0.25, 0.3) is 10.8 Å². The summed E-state index contributed by atoms with van der Waals surface area (Å²) in [6.45, 7) is 4.57. The summed E-state index contributed by atoms with van der Waals surface area (Å²) in [6, 6.07) is 19.9. The fourth-order valence-electron chi connectivity index (χ4n) is 4.40. The molecule has 0 spiro atoms. The SMILES string of the molecule is COc1cc2c(c(OC)c1)[C@@H](C)N(c1cccc3ccccc13)[C@@H](C)C2. The highest BCUT2D eigenvalue weighted by atomic mass is 16.5. The molecule has 0 bridgehead atoms. The molecule has 3 nitrogen and oxygen atoms in total. The smallest absolute Gasteiger partial charge is 0.128 e. The number of hydrogen-bond donors (Lipinski definition) is 0. The van der Waals surface area contributed by atoms with Crippen LogP contribution in [0.4, 0.5) is 5.69 Å². The Bertz CT molecular complexity index is 945. The maximum atomic E-state index is 5.73. The molecule has 134 valence electrons. The van der Waals surface area contributed by atoms with Crippen molar-refractivity contribution in [2.75, 3.05) is 19.1 Å². The summed E-state index contributed by atoms with van der Waals surface area (Å²) in [5.74, 6) is 1.77. The van der Waals surface area contributed by atoms with E-state index in [1.54, 1.807) is 14.2 Å². The first-order chi connectivity index (χ1) is 12.6. The fourth-order valence-corrected chi connectivity index (χ4v) is 4.40. The van der Waals surface area contributed by atoms with Gasteiger partial charge in [-0.2, -0.15) is 0 Å². The van der Waals surface area contributed by atoms with Crippen LogP contribution in [-0.4, -0.2) is 20.3 Å². The zero-order valence-corrected chi connectivity index (χ0v) is 15.8. The zero-order chi connectivity index (χ0) is 18.3. The molecule has 0 aliphatic carbocycles. The normalized spacial score (nSPS) is 19.3. The lowest BCUT2D eigenvalue weighted by molar-refractivity contribution is 0.381. The molecular weight excluding hydrogens is 322 g/mol. The quantitative estimate of drug-likeness (QED) is 0.636. The topological polar surface area (TPSA) is 21.7 Å². The summed E-state index contributed by atoms with van der Waals surface area (Å²) in [4.78, 5) is 2.53. The maximum absolute atomic E-state index is 5.73. The van der Waals surface area contributed by atoms with Crippen LogP contribution < -0.4 is 14.4 Å².